The van der Waals surface area contributed by atoms with Crippen LogP contribution in [0, 0.1) is 11.7 Å². The number of halogens is 1. The fourth-order valence-corrected chi connectivity index (χ4v) is 3.06. The molecule has 1 aliphatic rings. The van der Waals surface area contributed by atoms with Crippen molar-refractivity contribution < 1.29 is 9.18 Å². The van der Waals surface area contributed by atoms with E-state index in [0.29, 0.717) is 17.4 Å². The average Bonchev–Trinajstić information content (AvgIpc) is 3.03. The Kier molecular flexibility index (Phi) is 5.13. The largest absolute Gasteiger partial charge is 0.346 e. The first kappa shape index (κ1) is 17.5. The van der Waals surface area contributed by atoms with Crippen LogP contribution in [0.3, 0.4) is 0 Å². The highest BCUT2D eigenvalue weighted by Crippen LogP contribution is 2.20. The second kappa shape index (κ2) is 7.31. The molecule has 1 aromatic carbocycles. The van der Waals surface area contributed by atoms with Crippen LogP contribution in [-0.2, 0) is 0 Å². The van der Waals surface area contributed by atoms with Crippen LogP contribution in [0.25, 0.3) is 5.69 Å². The summed E-state index contributed by atoms with van der Waals surface area (Å²) < 4.78 is 15.6. The number of carbonyl (C=O) groups excluding carboxylic acids is 1. The first-order chi connectivity index (χ1) is 12.0. The van der Waals surface area contributed by atoms with Gasteiger partial charge in [0, 0.05) is 12.0 Å². The maximum atomic E-state index is 14.2. The van der Waals surface area contributed by atoms with Crippen molar-refractivity contribution in [3.8, 4) is 5.69 Å². The molecule has 2 N–H and O–H groups in total. The van der Waals surface area contributed by atoms with Gasteiger partial charge in [-0.3, -0.25) is 4.79 Å². The SMILES string of the molecule is CC(C)c1nc(C(=O)NC2CCNCC2C)nn1-c1ccccc1F. The van der Waals surface area contributed by atoms with Crippen LogP contribution in [-0.4, -0.2) is 39.8 Å². The van der Waals surface area contributed by atoms with E-state index in [9.17, 15) is 9.18 Å². The number of benzene rings is 1. The number of hydrogen-bond donors (Lipinski definition) is 2. The molecule has 0 spiro atoms. The van der Waals surface area contributed by atoms with Crippen LogP contribution in [0.15, 0.2) is 24.3 Å². The Morgan fingerprint density at radius 3 is 2.84 bits per heavy atom. The van der Waals surface area contributed by atoms with E-state index in [1.807, 2.05) is 13.8 Å². The van der Waals surface area contributed by atoms with Crippen molar-refractivity contribution in [1.82, 2.24) is 25.4 Å². The van der Waals surface area contributed by atoms with Gasteiger partial charge in [-0.05, 0) is 37.6 Å². The van der Waals surface area contributed by atoms with Crippen molar-refractivity contribution in [3.63, 3.8) is 0 Å². The molecule has 1 amide bonds. The van der Waals surface area contributed by atoms with Gasteiger partial charge in [0.05, 0.1) is 0 Å². The first-order valence-corrected chi connectivity index (χ1v) is 8.70. The lowest BCUT2D eigenvalue weighted by Gasteiger charge is -2.29. The van der Waals surface area contributed by atoms with Crippen LogP contribution >= 0.6 is 0 Å². The number of carbonyl (C=O) groups is 1. The van der Waals surface area contributed by atoms with E-state index >= 15 is 0 Å². The Morgan fingerprint density at radius 2 is 2.16 bits per heavy atom. The van der Waals surface area contributed by atoms with E-state index in [4.69, 9.17) is 0 Å². The van der Waals surface area contributed by atoms with E-state index in [2.05, 4.69) is 27.6 Å². The highest BCUT2D eigenvalue weighted by molar-refractivity contribution is 5.90. The summed E-state index contributed by atoms with van der Waals surface area (Å²) in [4.78, 5) is 17.0. The molecule has 0 aliphatic carbocycles. The van der Waals surface area contributed by atoms with Crippen LogP contribution < -0.4 is 10.6 Å². The van der Waals surface area contributed by atoms with Gasteiger partial charge in [0.2, 0.25) is 5.82 Å². The summed E-state index contributed by atoms with van der Waals surface area (Å²) in [5.41, 5.74) is 0.299. The van der Waals surface area contributed by atoms with Gasteiger partial charge >= 0.3 is 0 Å². The molecule has 2 unspecified atom stereocenters. The fourth-order valence-electron chi connectivity index (χ4n) is 3.06. The van der Waals surface area contributed by atoms with Crippen molar-refractivity contribution in [2.24, 2.45) is 5.92 Å². The maximum Gasteiger partial charge on any atom is 0.291 e. The third kappa shape index (κ3) is 3.71. The Bertz CT molecular complexity index is 758. The van der Waals surface area contributed by atoms with Gasteiger partial charge in [0.25, 0.3) is 5.91 Å². The number of nitrogens with one attached hydrogen (secondary N) is 2. The molecule has 0 bridgehead atoms. The third-order valence-corrected chi connectivity index (χ3v) is 4.53. The zero-order chi connectivity index (χ0) is 18.0. The molecule has 25 heavy (non-hydrogen) atoms. The minimum absolute atomic E-state index is 0.00598. The summed E-state index contributed by atoms with van der Waals surface area (Å²) in [6, 6.07) is 6.46. The Morgan fingerprint density at radius 1 is 1.40 bits per heavy atom. The second-order valence-electron chi connectivity index (χ2n) is 6.86. The fraction of sp³-hybridized carbons (Fsp3) is 0.500. The number of nitrogens with zero attached hydrogens (tertiary/aromatic N) is 3. The molecule has 0 saturated carbocycles. The van der Waals surface area contributed by atoms with Crippen molar-refractivity contribution >= 4 is 5.91 Å². The molecule has 1 aliphatic heterocycles. The van der Waals surface area contributed by atoms with Gasteiger partial charge in [0.15, 0.2) is 0 Å². The molecule has 134 valence electrons. The number of hydrogen-bond acceptors (Lipinski definition) is 4. The van der Waals surface area contributed by atoms with Crippen LogP contribution in [0.5, 0.6) is 0 Å². The zero-order valence-electron chi connectivity index (χ0n) is 14.8. The molecule has 3 rings (SSSR count). The molecule has 1 saturated heterocycles. The van der Waals surface area contributed by atoms with Crippen molar-refractivity contribution in [2.75, 3.05) is 13.1 Å². The molecule has 2 heterocycles. The van der Waals surface area contributed by atoms with Crippen LogP contribution in [0.2, 0.25) is 0 Å². The average molecular weight is 345 g/mol. The standard InChI is InChI=1S/C18H24FN5O/c1-11(2)17-22-16(18(25)21-14-8-9-20-10-12(14)3)23-24(17)15-7-5-4-6-13(15)19/h4-7,11-12,14,20H,8-10H2,1-3H3,(H,21,25). The lowest BCUT2D eigenvalue weighted by atomic mass is 9.95. The van der Waals surface area contributed by atoms with Crippen molar-refractivity contribution in [2.45, 2.75) is 39.2 Å². The topological polar surface area (TPSA) is 71.8 Å². The minimum Gasteiger partial charge on any atom is -0.346 e. The molecule has 0 radical (unpaired) electrons. The maximum absolute atomic E-state index is 14.2. The molecule has 1 fully saturated rings. The third-order valence-electron chi connectivity index (χ3n) is 4.53. The number of amides is 1. The molecule has 7 heteroatoms. The summed E-state index contributed by atoms with van der Waals surface area (Å²) in [6.07, 6.45) is 0.873. The summed E-state index contributed by atoms with van der Waals surface area (Å²) in [6.45, 7) is 7.74. The molecular formula is C18H24FN5O. The zero-order valence-corrected chi connectivity index (χ0v) is 14.8. The van der Waals surface area contributed by atoms with E-state index in [0.717, 1.165) is 19.5 Å². The van der Waals surface area contributed by atoms with Crippen molar-refractivity contribution in [3.05, 3.63) is 41.7 Å². The predicted molar refractivity (Wildman–Crippen MR) is 93.3 cm³/mol. The molecule has 1 aromatic heterocycles. The van der Waals surface area contributed by atoms with Gasteiger partial charge in [-0.25, -0.2) is 14.1 Å². The van der Waals surface area contributed by atoms with Gasteiger partial charge in [-0.15, -0.1) is 5.10 Å². The van der Waals surface area contributed by atoms with Gasteiger partial charge in [-0.1, -0.05) is 32.9 Å². The second-order valence-corrected chi connectivity index (χ2v) is 6.86. The molecule has 6 nitrogen and oxygen atoms in total. The van der Waals surface area contributed by atoms with E-state index in [1.165, 1.54) is 10.7 Å². The smallest absolute Gasteiger partial charge is 0.291 e. The summed E-state index contributed by atoms with van der Waals surface area (Å²) in [7, 11) is 0. The molecule has 2 atom stereocenters. The van der Waals surface area contributed by atoms with E-state index in [1.54, 1.807) is 18.2 Å². The Hall–Kier alpha value is -2.28. The minimum atomic E-state index is -0.395. The predicted octanol–water partition coefficient (Wildman–Crippen LogP) is 2.26. The highest BCUT2D eigenvalue weighted by atomic mass is 19.1. The van der Waals surface area contributed by atoms with Crippen molar-refractivity contribution in [1.29, 1.82) is 0 Å². The summed E-state index contributed by atoms with van der Waals surface area (Å²) in [5.74, 6) is 0.289. The Labute approximate surface area is 146 Å². The van der Waals surface area contributed by atoms with E-state index < -0.39 is 5.82 Å². The number of para-hydroxylation sites is 1. The number of rotatable bonds is 4. The van der Waals surface area contributed by atoms with E-state index in [-0.39, 0.29) is 23.7 Å². The molecular weight excluding hydrogens is 321 g/mol. The van der Waals surface area contributed by atoms with Gasteiger partial charge < -0.3 is 10.6 Å². The number of aromatic nitrogens is 3. The summed E-state index contributed by atoms with van der Waals surface area (Å²) in [5, 5.41) is 10.6. The highest BCUT2D eigenvalue weighted by Gasteiger charge is 2.26. The molecule has 2 aromatic rings. The first-order valence-electron chi connectivity index (χ1n) is 8.70. The number of piperidine rings is 1. The Balaban J connectivity index is 1.89. The summed E-state index contributed by atoms with van der Waals surface area (Å²) >= 11 is 0. The normalized spacial score (nSPS) is 20.7. The quantitative estimate of drug-likeness (QED) is 0.892. The monoisotopic (exact) mass is 345 g/mol. The van der Waals surface area contributed by atoms with Gasteiger partial charge in [0.1, 0.15) is 17.3 Å². The lowest BCUT2D eigenvalue weighted by molar-refractivity contribution is 0.0903. The van der Waals surface area contributed by atoms with Gasteiger partial charge in [-0.2, -0.15) is 0 Å². The lowest BCUT2D eigenvalue weighted by Crippen LogP contribution is -2.48. The van der Waals surface area contributed by atoms with Crippen LogP contribution in [0.4, 0.5) is 4.39 Å². The van der Waals surface area contributed by atoms with Crippen LogP contribution in [0.1, 0.15) is 49.6 Å².